The summed E-state index contributed by atoms with van der Waals surface area (Å²) >= 11 is 12.9. The fourth-order valence-electron chi connectivity index (χ4n) is 5.83. The van der Waals surface area contributed by atoms with E-state index >= 15 is 4.39 Å². The lowest BCUT2D eigenvalue weighted by Gasteiger charge is -2.41. The first-order valence-corrected chi connectivity index (χ1v) is 15.0. The Morgan fingerprint density at radius 3 is 2.50 bits per heavy atom. The summed E-state index contributed by atoms with van der Waals surface area (Å²) in [5.41, 5.74) is 4.29. The van der Waals surface area contributed by atoms with Crippen LogP contribution in [0.5, 0.6) is 0 Å². The lowest BCUT2D eigenvalue weighted by molar-refractivity contribution is -0.128. The number of nitrogens with two attached hydrogens (primary N) is 1. The van der Waals surface area contributed by atoms with E-state index in [2.05, 4.69) is 16.5 Å². The number of benzene rings is 1. The molecule has 0 radical (unpaired) electrons. The standard InChI is InChI=1S/C32H28Cl2F3N7O2/c1-6-20(45)43-10-9-42(13-16(43)5)30-17-11-19(33)28(21-22(34)26(39)25(37)24(36)23(21)35)41-31(17)44(32(46)18(30)12-38)29-15(4)7-8-40-27(29)14(2)3/h6-8,11,14,16H,1,9-10,13,39H2,2-5H3/t16-/m1/s1. The molecule has 4 heterocycles. The molecular formula is C32H28Cl2F3N7O2. The third-order valence-corrected chi connectivity index (χ3v) is 8.73. The summed E-state index contributed by atoms with van der Waals surface area (Å²) in [5.74, 6) is -5.68. The van der Waals surface area contributed by atoms with Crippen molar-refractivity contribution in [1.82, 2.24) is 19.4 Å². The first kappa shape index (κ1) is 32.8. The van der Waals surface area contributed by atoms with E-state index in [0.29, 0.717) is 16.9 Å². The Hall–Kier alpha value is -4.60. The van der Waals surface area contributed by atoms with Crippen LogP contribution in [-0.2, 0) is 4.79 Å². The Morgan fingerprint density at radius 1 is 1.20 bits per heavy atom. The van der Waals surface area contributed by atoms with Gasteiger partial charge in [-0.1, -0.05) is 43.6 Å². The number of carbonyl (C=O) groups excluding carboxylic acids is 1. The number of nitriles is 1. The number of hydrogen-bond acceptors (Lipinski definition) is 7. The Balaban J connectivity index is 1.94. The van der Waals surface area contributed by atoms with Crippen LogP contribution in [0, 0.1) is 35.7 Å². The number of rotatable bonds is 5. The minimum absolute atomic E-state index is 0.0765. The molecule has 46 heavy (non-hydrogen) atoms. The molecule has 1 fully saturated rings. The number of aryl methyl sites for hydroxylation is 1. The van der Waals surface area contributed by atoms with Gasteiger partial charge < -0.3 is 15.5 Å². The van der Waals surface area contributed by atoms with Crippen LogP contribution in [0.2, 0.25) is 10.0 Å². The van der Waals surface area contributed by atoms with Gasteiger partial charge in [0.25, 0.3) is 5.56 Å². The number of amides is 1. The second-order valence-electron chi connectivity index (χ2n) is 11.3. The molecule has 1 aromatic carbocycles. The molecule has 238 valence electrons. The molecule has 0 unspecified atom stereocenters. The molecule has 1 aliphatic rings. The maximum Gasteiger partial charge on any atom is 0.276 e. The zero-order valence-corrected chi connectivity index (χ0v) is 26.8. The Kier molecular flexibility index (Phi) is 8.77. The highest BCUT2D eigenvalue weighted by Crippen LogP contribution is 2.43. The fraction of sp³-hybridized carbons (Fsp3) is 0.281. The first-order valence-electron chi connectivity index (χ1n) is 14.2. The SMILES string of the molecule is C=CC(=O)N1CCN(c2c(C#N)c(=O)n(-c3c(C)ccnc3C(C)C)c3nc(-c4c(F)c(F)c(F)c(N)c4Cl)c(Cl)cc23)C[C@H]1C. The van der Waals surface area contributed by atoms with Crippen molar-refractivity contribution >= 4 is 51.5 Å². The number of hydrogen-bond donors (Lipinski definition) is 1. The Bertz CT molecular complexity index is 2030. The highest BCUT2D eigenvalue weighted by Gasteiger charge is 2.33. The van der Waals surface area contributed by atoms with Crippen LogP contribution in [0.1, 0.15) is 43.5 Å². The van der Waals surface area contributed by atoms with Crippen molar-refractivity contribution in [3.63, 3.8) is 0 Å². The molecule has 4 aromatic rings. The lowest BCUT2D eigenvalue weighted by Crippen LogP contribution is -2.54. The van der Waals surface area contributed by atoms with Gasteiger partial charge in [0.2, 0.25) is 5.91 Å². The maximum absolute atomic E-state index is 15.3. The molecule has 14 heteroatoms. The third-order valence-electron chi connectivity index (χ3n) is 8.05. The number of fused-ring (bicyclic) bond motifs is 1. The van der Waals surface area contributed by atoms with E-state index < -0.39 is 45.0 Å². The zero-order valence-electron chi connectivity index (χ0n) is 25.3. The van der Waals surface area contributed by atoms with Gasteiger partial charge >= 0.3 is 0 Å². The summed E-state index contributed by atoms with van der Waals surface area (Å²) in [5, 5.41) is 9.74. The second-order valence-corrected chi connectivity index (χ2v) is 12.0. The van der Waals surface area contributed by atoms with Gasteiger partial charge in [-0.15, -0.1) is 0 Å². The number of carbonyl (C=O) groups is 1. The number of halogens is 5. The van der Waals surface area contributed by atoms with Crippen LogP contribution in [0.3, 0.4) is 0 Å². The second kappa shape index (κ2) is 12.3. The molecule has 0 saturated carbocycles. The fourth-order valence-corrected chi connectivity index (χ4v) is 6.33. The third kappa shape index (κ3) is 5.13. The quantitative estimate of drug-likeness (QED) is 0.115. The van der Waals surface area contributed by atoms with E-state index in [4.69, 9.17) is 28.9 Å². The molecule has 1 saturated heterocycles. The summed E-state index contributed by atoms with van der Waals surface area (Å²) < 4.78 is 45.5. The molecule has 1 amide bonds. The van der Waals surface area contributed by atoms with E-state index in [1.54, 1.807) is 29.0 Å². The molecule has 9 nitrogen and oxygen atoms in total. The van der Waals surface area contributed by atoms with Crippen LogP contribution in [0.15, 0.2) is 35.8 Å². The van der Waals surface area contributed by atoms with Crippen molar-refractivity contribution < 1.29 is 18.0 Å². The van der Waals surface area contributed by atoms with Crippen molar-refractivity contribution in [3.8, 4) is 23.0 Å². The molecule has 0 bridgehead atoms. The summed E-state index contributed by atoms with van der Waals surface area (Å²) in [4.78, 5) is 39.3. The van der Waals surface area contributed by atoms with Crippen molar-refractivity contribution in [2.75, 3.05) is 30.3 Å². The van der Waals surface area contributed by atoms with E-state index in [1.165, 1.54) is 16.7 Å². The summed E-state index contributed by atoms with van der Waals surface area (Å²) in [7, 11) is 0. The van der Waals surface area contributed by atoms with Gasteiger partial charge in [-0.05, 0) is 43.5 Å². The predicted octanol–water partition coefficient (Wildman–Crippen LogP) is 6.28. The van der Waals surface area contributed by atoms with Crippen molar-refractivity contribution in [2.24, 2.45) is 0 Å². The van der Waals surface area contributed by atoms with Gasteiger partial charge in [-0.2, -0.15) is 5.26 Å². The van der Waals surface area contributed by atoms with Gasteiger partial charge in [0, 0.05) is 37.3 Å². The highest BCUT2D eigenvalue weighted by atomic mass is 35.5. The van der Waals surface area contributed by atoms with Crippen molar-refractivity contribution in [1.29, 1.82) is 5.26 Å². The average Bonchev–Trinajstić information content (AvgIpc) is 3.02. The van der Waals surface area contributed by atoms with Crippen LogP contribution in [-0.4, -0.2) is 51.0 Å². The largest absolute Gasteiger partial charge is 0.395 e. The zero-order chi connectivity index (χ0) is 33.8. The van der Waals surface area contributed by atoms with Crippen LogP contribution in [0.25, 0.3) is 28.0 Å². The Labute approximate surface area is 272 Å². The van der Waals surface area contributed by atoms with Crippen LogP contribution >= 0.6 is 23.2 Å². The normalized spacial score (nSPS) is 15.0. The lowest BCUT2D eigenvalue weighted by atomic mass is 10.0. The predicted molar refractivity (Wildman–Crippen MR) is 172 cm³/mol. The molecule has 5 rings (SSSR count). The average molecular weight is 671 g/mol. The van der Waals surface area contributed by atoms with Crippen molar-refractivity contribution in [2.45, 2.75) is 39.7 Å². The Morgan fingerprint density at radius 2 is 1.89 bits per heavy atom. The monoisotopic (exact) mass is 669 g/mol. The molecule has 1 aliphatic heterocycles. The number of anilines is 2. The highest BCUT2D eigenvalue weighted by molar-refractivity contribution is 6.38. The number of pyridine rings is 3. The summed E-state index contributed by atoms with van der Waals surface area (Å²) in [6.45, 7) is 11.6. The smallest absolute Gasteiger partial charge is 0.276 e. The van der Waals surface area contributed by atoms with Gasteiger partial charge in [0.15, 0.2) is 17.5 Å². The molecule has 0 spiro atoms. The van der Waals surface area contributed by atoms with E-state index in [0.717, 1.165) is 0 Å². The summed E-state index contributed by atoms with van der Waals surface area (Å²) in [6.07, 6.45) is 2.80. The van der Waals surface area contributed by atoms with Gasteiger partial charge in [0.05, 0.1) is 44.1 Å². The van der Waals surface area contributed by atoms with Crippen LogP contribution in [0.4, 0.5) is 24.5 Å². The van der Waals surface area contributed by atoms with Crippen LogP contribution < -0.4 is 16.2 Å². The molecule has 1 atom stereocenters. The van der Waals surface area contributed by atoms with Crippen molar-refractivity contribution in [3.05, 3.63) is 85.7 Å². The summed E-state index contributed by atoms with van der Waals surface area (Å²) in [6, 6.07) is 4.76. The van der Waals surface area contributed by atoms with Gasteiger partial charge in [-0.3, -0.25) is 19.1 Å². The van der Waals surface area contributed by atoms with E-state index in [9.17, 15) is 23.6 Å². The maximum atomic E-state index is 15.3. The van der Waals surface area contributed by atoms with E-state index in [-0.39, 0.29) is 64.8 Å². The molecule has 3 aromatic heterocycles. The number of piperazine rings is 1. The van der Waals surface area contributed by atoms with E-state index in [1.807, 2.05) is 26.8 Å². The van der Waals surface area contributed by atoms with Gasteiger partial charge in [0.1, 0.15) is 17.3 Å². The minimum atomic E-state index is -1.88. The minimum Gasteiger partial charge on any atom is -0.395 e. The number of aromatic nitrogens is 3. The molecular weight excluding hydrogens is 642 g/mol. The van der Waals surface area contributed by atoms with Gasteiger partial charge in [-0.25, -0.2) is 18.2 Å². The molecule has 0 aliphatic carbocycles. The number of nitrogen functional groups attached to an aromatic ring is 1. The first-order chi connectivity index (χ1) is 21.7. The topological polar surface area (TPSA) is 121 Å². The number of nitrogens with zero attached hydrogens (tertiary/aromatic N) is 6. The molecule has 2 N–H and O–H groups in total.